The number of nitrogens with zero attached hydrogens (tertiary/aromatic N) is 3. The Morgan fingerprint density at radius 1 is 1.16 bits per heavy atom. The van der Waals surface area contributed by atoms with Crippen molar-refractivity contribution in [3.05, 3.63) is 53.3 Å². The van der Waals surface area contributed by atoms with E-state index in [9.17, 15) is 14.4 Å². The van der Waals surface area contributed by atoms with Gasteiger partial charge in [-0.05, 0) is 49.7 Å². The molecular formula is C26H28N6O5. The van der Waals surface area contributed by atoms with Crippen LogP contribution in [0.15, 0.2) is 40.8 Å². The van der Waals surface area contributed by atoms with Crippen molar-refractivity contribution in [3.8, 4) is 5.75 Å². The van der Waals surface area contributed by atoms with E-state index in [0.717, 1.165) is 37.3 Å². The van der Waals surface area contributed by atoms with Gasteiger partial charge in [0, 0.05) is 37.3 Å². The first-order valence-electron chi connectivity index (χ1n) is 12.3. The van der Waals surface area contributed by atoms with E-state index in [1.807, 2.05) is 25.2 Å². The first kappa shape index (κ1) is 23.3. The first-order valence-corrected chi connectivity index (χ1v) is 12.3. The molecule has 4 amide bonds. The molecule has 0 bridgehead atoms. The number of rotatable bonds is 6. The molecule has 5 heterocycles. The Morgan fingerprint density at radius 3 is 2.68 bits per heavy atom. The van der Waals surface area contributed by atoms with Gasteiger partial charge in [0.1, 0.15) is 22.8 Å². The number of pyridine rings is 1. The SMILES string of the molecule is CNC1CCN(c2ccc3oc([C@]4(CN5Cc6ccc(OC)cc6C5=O)NC(=O)NC4=O)cc3n2)CC1. The van der Waals surface area contributed by atoms with Crippen molar-refractivity contribution < 1.29 is 23.5 Å². The van der Waals surface area contributed by atoms with Crippen molar-refractivity contribution in [1.29, 1.82) is 0 Å². The molecule has 2 fully saturated rings. The molecular weight excluding hydrogens is 476 g/mol. The summed E-state index contributed by atoms with van der Waals surface area (Å²) in [4.78, 5) is 47.3. The fourth-order valence-electron chi connectivity index (χ4n) is 5.43. The molecule has 0 radical (unpaired) electrons. The number of nitrogens with one attached hydrogen (secondary N) is 3. The summed E-state index contributed by atoms with van der Waals surface area (Å²) in [5.41, 5.74) is 0.835. The molecule has 0 spiro atoms. The Hall–Kier alpha value is -4.12. The van der Waals surface area contributed by atoms with Crippen LogP contribution in [0, 0.1) is 0 Å². The number of urea groups is 1. The number of imide groups is 1. The smallest absolute Gasteiger partial charge is 0.322 e. The molecule has 0 aliphatic carbocycles. The molecule has 3 aliphatic rings. The molecule has 3 N–H and O–H groups in total. The second kappa shape index (κ2) is 8.77. The monoisotopic (exact) mass is 504 g/mol. The number of ether oxygens (including phenoxy) is 1. The molecule has 1 aromatic carbocycles. The Morgan fingerprint density at radius 2 is 1.97 bits per heavy atom. The average Bonchev–Trinajstić information content (AvgIpc) is 3.57. The highest BCUT2D eigenvalue weighted by Crippen LogP contribution is 2.35. The second-order valence-electron chi connectivity index (χ2n) is 9.71. The van der Waals surface area contributed by atoms with E-state index >= 15 is 0 Å². The summed E-state index contributed by atoms with van der Waals surface area (Å²) in [5, 5.41) is 8.36. The largest absolute Gasteiger partial charge is 0.497 e. The van der Waals surface area contributed by atoms with Crippen LogP contribution in [-0.2, 0) is 16.9 Å². The van der Waals surface area contributed by atoms with E-state index in [-0.39, 0.29) is 18.2 Å². The van der Waals surface area contributed by atoms with Crippen LogP contribution in [0.5, 0.6) is 5.75 Å². The van der Waals surface area contributed by atoms with Gasteiger partial charge in [0.05, 0.1) is 13.7 Å². The number of piperidine rings is 1. The highest BCUT2D eigenvalue weighted by Gasteiger charge is 2.53. The number of methoxy groups -OCH3 is 1. The highest BCUT2D eigenvalue weighted by molar-refractivity contribution is 6.08. The van der Waals surface area contributed by atoms with Crippen molar-refractivity contribution in [1.82, 2.24) is 25.8 Å². The lowest BCUT2D eigenvalue weighted by atomic mass is 9.95. The van der Waals surface area contributed by atoms with E-state index in [0.29, 0.717) is 35.0 Å². The zero-order chi connectivity index (χ0) is 25.7. The van der Waals surface area contributed by atoms with Crippen LogP contribution in [0.25, 0.3) is 11.1 Å². The number of carbonyl (C=O) groups is 3. The molecule has 11 heteroatoms. The van der Waals surface area contributed by atoms with Gasteiger partial charge in [-0.1, -0.05) is 6.07 Å². The van der Waals surface area contributed by atoms with E-state index in [4.69, 9.17) is 14.1 Å². The van der Waals surface area contributed by atoms with Gasteiger partial charge in [0.25, 0.3) is 11.8 Å². The number of carbonyl (C=O) groups excluding carboxylic acids is 3. The Kier molecular flexibility index (Phi) is 5.52. The Labute approximate surface area is 213 Å². The van der Waals surface area contributed by atoms with Crippen LogP contribution in [0.4, 0.5) is 10.6 Å². The zero-order valence-electron chi connectivity index (χ0n) is 20.7. The maximum atomic E-state index is 13.2. The number of amides is 4. The second-order valence-corrected chi connectivity index (χ2v) is 9.71. The number of furan rings is 1. The zero-order valence-corrected chi connectivity index (χ0v) is 20.7. The van der Waals surface area contributed by atoms with Gasteiger partial charge in [-0.3, -0.25) is 14.9 Å². The molecule has 3 aromatic rings. The van der Waals surface area contributed by atoms with Crippen LogP contribution >= 0.6 is 0 Å². The normalized spacial score (nSPS) is 21.9. The summed E-state index contributed by atoms with van der Waals surface area (Å²) in [6, 6.07) is 10.6. The van der Waals surface area contributed by atoms with Crippen molar-refractivity contribution >= 4 is 34.8 Å². The van der Waals surface area contributed by atoms with Crippen LogP contribution in [0.2, 0.25) is 0 Å². The molecule has 0 saturated carbocycles. The van der Waals surface area contributed by atoms with Gasteiger partial charge in [-0.15, -0.1) is 0 Å². The summed E-state index contributed by atoms with van der Waals surface area (Å²) < 4.78 is 11.3. The molecule has 37 heavy (non-hydrogen) atoms. The van der Waals surface area contributed by atoms with E-state index < -0.39 is 17.5 Å². The van der Waals surface area contributed by atoms with Gasteiger partial charge in [0.15, 0.2) is 11.1 Å². The van der Waals surface area contributed by atoms with Crippen molar-refractivity contribution in [3.63, 3.8) is 0 Å². The molecule has 11 nitrogen and oxygen atoms in total. The van der Waals surface area contributed by atoms with Gasteiger partial charge in [0.2, 0.25) is 0 Å². The summed E-state index contributed by atoms with van der Waals surface area (Å²) in [6.07, 6.45) is 2.06. The number of benzene rings is 1. The predicted molar refractivity (Wildman–Crippen MR) is 134 cm³/mol. The minimum Gasteiger partial charge on any atom is -0.497 e. The predicted octanol–water partition coefficient (Wildman–Crippen LogP) is 1.72. The van der Waals surface area contributed by atoms with Gasteiger partial charge in [-0.2, -0.15) is 0 Å². The van der Waals surface area contributed by atoms with Crippen LogP contribution in [0.1, 0.15) is 34.5 Å². The van der Waals surface area contributed by atoms with E-state index in [1.54, 1.807) is 18.2 Å². The fourth-order valence-corrected chi connectivity index (χ4v) is 5.43. The van der Waals surface area contributed by atoms with Crippen LogP contribution in [0.3, 0.4) is 0 Å². The van der Waals surface area contributed by atoms with E-state index in [2.05, 4.69) is 20.9 Å². The number of anilines is 1. The fraction of sp³-hybridized carbons (Fsp3) is 0.385. The Bertz CT molecular complexity index is 1410. The van der Waals surface area contributed by atoms with Gasteiger partial charge in [-0.25, -0.2) is 9.78 Å². The summed E-state index contributed by atoms with van der Waals surface area (Å²) in [7, 11) is 3.52. The lowest BCUT2D eigenvalue weighted by Crippen LogP contribution is -2.52. The van der Waals surface area contributed by atoms with Crippen molar-refractivity contribution in [2.45, 2.75) is 31.0 Å². The standard InChI is InChI=1S/C26H28N6O5/c1-27-16-7-9-31(10-8-16)22-6-5-20-19(28-22)12-21(37-20)26(24(34)29-25(35)30-26)14-32-13-15-3-4-17(36-2)11-18(15)23(32)33/h3-6,11-12,16,27H,7-10,13-14H2,1-2H3,(H2,29,30,34,35)/t26-/m0/s1. The third-order valence-electron chi connectivity index (χ3n) is 7.57. The number of hydrogen-bond acceptors (Lipinski definition) is 8. The molecule has 192 valence electrons. The maximum Gasteiger partial charge on any atom is 0.322 e. The maximum absolute atomic E-state index is 13.2. The first-order chi connectivity index (χ1) is 17.9. The number of aromatic nitrogens is 1. The minimum absolute atomic E-state index is 0.0926. The third kappa shape index (κ3) is 3.86. The Balaban J connectivity index is 1.31. The molecule has 6 rings (SSSR count). The average molecular weight is 505 g/mol. The molecule has 2 aromatic heterocycles. The summed E-state index contributed by atoms with van der Waals surface area (Å²) >= 11 is 0. The van der Waals surface area contributed by atoms with Gasteiger partial charge >= 0.3 is 6.03 Å². The summed E-state index contributed by atoms with van der Waals surface area (Å²) in [6.45, 7) is 1.98. The number of hydrogen-bond donors (Lipinski definition) is 3. The molecule has 3 aliphatic heterocycles. The topological polar surface area (TPSA) is 129 Å². The quantitative estimate of drug-likeness (QED) is 0.433. The lowest BCUT2D eigenvalue weighted by Gasteiger charge is -2.32. The molecule has 1 atom stereocenters. The summed E-state index contributed by atoms with van der Waals surface area (Å²) in [5.74, 6) is 0.814. The minimum atomic E-state index is -1.58. The van der Waals surface area contributed by atoms with Crippen LogP contribution in [-0.4, -0.2) is 67.6 Å². The third-order valence-corrected chi connectivity index (χ3v) is 7.57. The van der Waals surface area contributed by atoms with Crippen molar-refractivity contribution in [2.75, 3.05) is 38.7 Å². The highest BCUT2D eigenvalue weighted by atomic mass is 16.5. The molecule has 0 unspecified atom stereocenters. The van der Waals surface area contributed by atoms with Gasteiger partial charge < -0.3 is 29.6 Å². The molecule has 2 saturated heterocycles. The van der Waals surface area contributed by atoms with Crippen LogP contribution < -0.4 is 25.6 Å². The van der Waals surface area contributed by atoms with Crippen molar-refractivity contribution in [2.24, 2.45) is 0 Å². The lowest BCUT2D eigenvalue weighted by molar-refractivity contribution is -0.125. The number of fused-ring (bicyclic) bond motifs is 2. The van der Waals surface area contributed by atoms with E-state index in [1.165, 1.54) is 12.0 Å².